The van der Waals surface area contributed by atoms with Gasteiger partial charge in [-0.15, -0.1) is 11.6 Å². The molecule has 1 unspecified atom stereocenters. The van der Waals surface area contributed by atoms with Crippen molar-refractivity contribution in [3.05, 3.63) is 33.9 Å². The molecule has 0 radical (unpaired) electrons. The van der Waals surface area contributed by atoms with Gasteiger partial charge in [-0.05, 0) is 13.0 Å². The molecule has 98 valence electrons. The number of nitrogens with zero attached hydrogens (tertiary/aromatic N) is 2. The van der Waals surface area contributed by atoms with Gasteiger partial charge in [0.15, 0.2) is 0 Å². The lowest BCUT2D eigenvalue weighted by molar-refractivity contribution is -0.384. The predicted molar refractivity (Wildman–Crippen MR) is 68.5 cm³/mol. The van der Waals surface area contributed by atoms with Crippen LogP contribution < -0.4 is 4.31 Å². The molecule has 1 aromatic rings. The fourth-order valence-corrected chi connectivity index (χ4v) is 4.21. The van der Waals surface area contributed by atoms with Gasteiger partial charge in [-0.3, -0.25) is 14.4 Å². The number of fused-ring (bicyclic) bond motifs is 1. The van der Waals surface area contributed by atoms with Crippen LogP contribution in [0.2, 0.25) is 0 Å². The van der Waals surface area contributed by atoms with Gasteiger partial charge in [0.05, 0.1) is 10.6 Å². The van der Waals surface area contributed by atoms with E-state index in [1.807, 2.05) is 0 Å². The molecule has 2 rings (SSSR count). The zero-order valence-electron chi connectivity index (χ0n) is 9.75. The molecule has 0 saturated carbocycles. The van der Waals surface area contributed by atoms with Crippen LogP contribution in [0.1, 0.15) is 12.5 Å². The second-order valence-corrected chi connectivity index (χ2v) is 6.96. The van der Waals surface area contributed by atoms with Crippen LogP contribution in [0.15, 0.2) is 18.2 Å². The molecule has 0 bridgehead atoms. The Balaban J connectivity index is 2.74. The van der Waals surface area contributed by atoms with Gasteiger partial charge in [-0.1, -0.05) is 0 Å². The lowest BCUT2D eigenvalue weighted by Crippen LogP contribution is -2.37. The van der Waals surface area contributed by atoms with E-state index in [1.165, 1.54) is 32.2 Å². The van der Waals surface area contributed by atoms with Crippen molar-refractivity contribution in [1.82, 2.24) is 0 Å². The summed E-state index contributed by atoms with van der Waals surface area (Å²) >= 11 is 5.79. The highest BCUT2D eigenvalue weighted by Gasteiger charge is 2.51. The van der Waals surface area contributed by atoms with E-state index in [1.54, 1.807) is 0 Å². The quantitative estimate of drug-likeness (QED) is 0.473. The van der Waals surface area contributed by atoms with Crippen molar-refractivity contribution in [3.63, 3.8) is 0 Å². The number of halogens is 1. The van der Waals surface area contributed by atoms with Crippen LogP contribution in [-0.2, 0) is 14.8 Å². The molecule has 0 aromatic heterocycles. The average Bonchev–Trinajstić information content (AvgIpc) is 2.49. The molecule has 1 atom stereocenters. The van der Waals surface area contributed by atoms with E-state index in [2.05, 4.69) is 0 Å². The van der Waals surface area contributed by atoms with Crippen LogP contribution >= 0.6 is 11.6 Å². The Labute approximate surface area is 109 Å². The Bertz CT molecular complexity index is 631. The summed E-state index contributed by atoms with van der Waals surface area (Å²) in [5.74, 6) is -0.107. The highest BCUT2D eigenvalue weighted by atomic mass is 35.5. The standard InChI is InChI=1S/C10H11ClN2O4S/c1-10(6-11)8-4-3-7(13(14)15)5-9(8)12(2)18(10,16)17/h3-5H,6H2,1-2H3. The minimum atomic E-state index is -3.64. The molecule has 1 aliphatic heterocycles. The minimum Gasteiger partial charge on any atom is -0.272 e. The summed E-state index contributed by atoms with van der Waals surface area (Å²) in [4.78, 5) is 10.2. The molecule has 0 aliphatic carbocycles. The Hall–Kier alpha value is -1.34. The lowest BCUT2D eigenvalue weighted by Gasteiger charge is -2.21. The van der Waals surface area contributed by atoms with Crippen molar-refractivity contribution >= 4 is 33.0 Å². The van der Waals surface area contributed by atoms with Crippen molar-refractivity contribution in [2.75, 3.05) is 17.2 Å². The molecular weight excluding hydrogens is 280 g/mol. The maximum Gasteiger partial charge on any atom is 0.271 e. The van der Waals surface area contributed by atoms with Gasteiger partial charge in [-0.2, -0.15) is 0 Å². The number of anilines is 1. The molecule has 18 heavy (non-hydrogen) atoms. The number of alkyl halides is 1. The third-order valence-electron chi connectivity index (χ3n) is 3.29. The molecule has 0 spiro atoms. The minimum absolute atomic E-state index is 0.107. The largest absolute Gasteiger partial charge is 0.272 e. The lowest BCUT2D eigenvalue weighted by atomic mass is 10.00. The van der Waals surface area contributed by atoms with Crippen molar-refractivity contribution in [2.45, 2.75) is 11.7 Å². The zero-order chi connectivity index (χ0) is 13.7. The Morgan fingerprint density at radius 2 is 2.11 bits per heavy atom. The monoisotopic (exact) mass is 290 g/mol. The van der Waals surface area contributed by atoms with Gasteiger partial charge in [-0.25, -0.2) is 8.42 Å². The highest BCUT2D eigenvalue weighted by Crippen LogP contribution is 2.47. The van der Waals surface area contributed by atoms with E-state index in [0.717, 1.165) is 4.31 Å². The normalized spacial score (nSPS) is 24.9. The van der Waals surface area contributed by atoms with E-state index >= 15 is 0 Å². The Morgan fingerprint density at radius 1 is 1.50 bits per heavy atom. The molecule has 0 amide bonds. The SMILES string of the molecule is CN1c2cc([N+](=O)[O-])ccc2C(C)(CCl)S1(=O)=O. The number of rotatable bonds is 2. The van der Waals surface area contributed by atoms with Crippen molar-refractivity contribution in [1.29, 1.82) is 0 Å². The van der Waals surface area contributed by atoms with Crippen LogP contribution in [0.4, 0.5) is 11.4 Å². The average molecular weight is 291 g/mol. The number of non-ortho nitro benzene ring substituents is 1. The first-order valence-electron chi connectivity index (χ1n) is 5.09. The molecular formula is C10H11ClN2O4S. The summed E-state index contributed by atoms with van der Waals surface area (Å²) in [7, 11) is -2.27. The third kappa shape index (κ3) is 1.44. The summed E-state index contributed by atoms with van der Waals surface area (Å²) in [6.45, 7) is 1.52. The van der Waals surface area contributed by atoms with Crippen molar-refractivity contribution in [2.24, 2.45) is 0 Å². The topological polar surface area (TPSA) is 80.5 Å². The molecule has 0 saturated heterocycles. The summed E-state index contributed by atoms with van der Waals surface area (Å²) in [6.07, 6.45) is 0. The second kappa shape index (κ2) is 3.83. The maximum absolute atomic E-state index is 12.3. The van der Waals surface area contributed by atoms with Crippen LogP contribution in [0.5, 0.6) is 0 Å². The molecule has 0 N–H and O–H groups in total. The van der Waals surface area contributed by atoms with E-state index in [4.69, 9.17) is 11.6 Å². The van der Waals surface area contributed by atoms with E-state index in [9.17, 15) is 18.5 Å². The van der Waals surface area contributed by atoms with Gasteiger partial charge < -0.3 is 0 Å². The number of nitro benzene ring substituents is 1. The number of nitro groups is 1. The molecule has 1 heterocycles. The van der Waals surface area contributed by atoms with Crippen LogP contribution in [0.3, 0.4) is 0 Å². The Kier molecular flexibility index (Phi) is 2.78. The summed E-state index contributed by atoms with van der Waals surface area (Å²) in [5, 5.41) is 10.7. The highest BCUT2D eigenvalue weighted by molar-refractivity contribution is 7.94. The molecule has 8 heteroatoms. The summed E-state index contributed by atoms with van der Waals surface area (Å²) < 4.78 is 24.3. The third-order valence-corrected chi connectivity index (χ3v) is 6.40. The van der Waals surface area contributed by atoms with E-state index in [-0.39, 0.29) is 11.6 Å². The smallest absolute Gasteiger partial charge is 0.271 e. The van der Waals surface area contributed by atoms with Gasteiger partial charge in [0.2, 0.25) is 10.0 Å². The molecule has 1 aromatic carbocycles. The molecule has 6 nitrogen and oxygen atoms in total. The summed E-state index contributed by atoms with van der Waals surface area (Å²) in [6, 6.07) is 4.00. The number of benzene rings is 1. The maximum atomic E-state index is 12.3. The van der Waals surface area contributed by atoms with Crippen molar-refractivity contribution < 1.29 is 13.3 Å². The molecule has 0 fully saturated rings. The summed E-state index contributed by atoms with van der Waals surface area (Å²) in [5.41, 5.74) is 0.660. The fourth-order valence-electron chi connectivity index (χ4n) is 2.05. The predicted octanol–water partition coefficient (Wildman–Crippen LogP) is 1.83. The van der Waals surface area contributed by atoms with Crippen LogP contribution in [0.25, 0.3) is 0 Å². The zero-order valence-corrected chi connectivity index (χ0v) is 11.3. The second-order valence-electron chi connectivity index (χ2n) is 4.30. The first kappa shape index (κ1) is 13.1. The van der Waals surface area contributed by atoms with Crippen molar-refractivity contribution in [3.8, 4) is 0 Å². The number of hydrogen-bond acceptors (Lipinski definition) is 4. The van der Waals surface area contributed by atoms with Crippen LogP contribution in [-0.4, -0.2) is 26.3 Å². The first-order valence-corrected chi connectivity index (χ1v) is 7.06. The number of sulfonamides is 1. The van der Waals surface area contributed by atoms with Gasteiger partial charge in [0.1, 0.15) is 4.75 Å². The first-order chi connectivity index (χ1) is 8.25. The van der Waals surface area contributed by atoms with Gasteiger partial charge in [0, 0.05) is 30.6 Å². The Morgan fingerprint density at radius 3 is 2.61 bits per heavy atom. The molecule has 1 aliphatic rings. The van der Waals surface area contributed by atoms with Gasteiger partial charge >= 0.3 is 0 Å². The van der Waals surface area contributed by atoms with E-state index in [0.29, 0.717) is 11.3 Å². The number of hydrogen-bond donors (Lipinski definition) is 0. The van der Waals surface area contributed by atoms with Gasteiger partial charge in [0.25, 0.3) is 5.69 Å². The fraction of sp³-hybridized carbons (Fsp3) is 0.400. The van der Waals surface area contributed by atoms with E-state index < -0.39 is 19.7 Å². The van der Waals surface area contributed by atoms with Crippen LogP contribution in [0, 0.1) is 10.1 Å².